The van der Waals surface area contributed by atoms with Crippen LogP contribution in [0.15, 0.2) is 42.5 Å². The second kappa shape index (κ2) is 11.3. The number of hydrogen-bond acceptors (Lipinski definition) is 5. The number of anilines is 1. The summed E-state index contributed by atoms with van der Waals surface area (Å²) in [6.07, 6.45) is 7.07. The van der Waals surface area contributed by atoms with Gasteiger partial charge in [-0.15, -0.1) is 0 Å². The van der Waals surface area contributed by atoms with Crippen LogP contribution < -0.4 is 10.6 Å². The molecule has 4 rings (SSSR count). The molecule has 0 saturated carbocycles. The van der Waals surface area contributed by atoms with Crippen molar-refractivity contribution in [1.82, 2.24) is 15.2 Å². The highest BCUT2D eigenvalue weighted by Gasteiger charge is 2.24. The van der Waals surface area contributed by atoms with E-state index >= 15 is 0 Å². The molecule has 2 aliphatic heterocycles. The molecule has 7 nitrogen and oxygen atoms in total. The van der Waals surface area contributed by atoms with Gasteiger partial charge in [-0.3, -0.25) is 4.79 Å². The Morgan fingerprint density at radius 1 is 1.18 bits per heavy atom. The highest BCUT2D eigenvalue weighted by Crippen LogP contribution is 2.24. The number of carbonyl (C=O) groups is 2. The Balaban J connectivity index is 1.24. The lowest BCUT2D eigenvalue weighted by molar-refractivity contribution is -0.139. The zero-order valence-electron chi connectivity index (χ0n) is 19.1. The maximum Gasteiger partial charge on any atom is 0.326 e. The average molecular weight is 451 g/mol. The van der Waals surface area contributed by atoms with E-state index in [2.05, 4.69) is 27.7 Å². The van der Waals surface area contributed by atoms with E-state index in [1.807, 2.05) is 6.07 Å². The molecule has 2 atom stereocenters. The van der Waals surface area contributed by atoms with E-state index in [-0.39, 0.29) is 5.91 Å². The highest BCUT2D eigenvalue weighted by molar-refractivity contribution is 5.96. The Hall–Kier alpha value is -2.93. The number of benzene rings is 1. The molecule has 7 heteroatoms. The Morgan fingerprint density at radius 2 is 2.03 bits per heavy atom. The maximum absolute atomic E-state index is 12.4. The van der Waals surface area contributed by atoms with Crippen molar-refractivity contribution in [2.75, 3.05) is 31.5 Å². The van der Waals surface area contributed by atoms with Gasteiger partial charge >= 0.3 is 5.97 Å². The number of amides is 1. The van der Waals surface area contributed by atoms with Crippen molar-refractivity contribution in [2.45, 2.75) is 51.0 Å². The van der Waals surface area contributed by atoms with Crippen molar-refractivity contribution in [2.24, 2.45) is 5.92 Å². The summed E-state index contributed by atoms with van der Waals surface area (Å²) < 4.78 is 0. The molecule has 0 spiro atoms. The summed E-state index contributed by atoms with van der Waals surface area (Å²) in [5, 5.41) is 15.7. The van der Waals surface area contributed by atoms with Gasteiger partial charge in [0.15, 0.2) is 0 Å². The lowest BCUT2D eigenvalue weighted by atomic mass is 9.92. The summed E-state index contributed by atoms with van der Waals surface area (Å²) in [6.45, 7) is 3.63. The van der Waals surface area contributed by atoms with Crippen molar-refractivity contribution in [1.29, 1.82) is 0 Å². The summed E-state index contributed by atoms with van der Waals surface area (Å²) in [4.78, 5) is 31.3. The van der Waals surface area contributed by atoms with Crippen molar-refractivity contribution in [3.8, 4) is 0 Å². The first-order valence-electron chi connectivity index (χ1n) is 12.1. The van der Waals surface area contributed by atoms with E-state index in [4.69, 9.17) is 4.98 Å². The number of piperidine rings is 1. The third-order valence-electron chi connectivity index (χ3n) is 6.74. The highest BCUT2D eigenvalue weighted by atomic mass is 16.4. The minimum Gasteiger partial charge on any atom is -0.480 e. The molecule has 0 bridgehead atoms. The normalized spacial score (nSPS) is 19.2. The maximum atomic E-state index is 12.4. The van der Waals surface area contributed by atoms with Crippen LogP contribution >= 0.6 is 0 Å². The zero-order valence-corrected chi connectivity index (χ0v) is 19.1. The number of carboxylic acids is 1. The molecule has 2 aliphatic rings. The fourth-order valence-electron chi connectivity index (χ4n) is 4.85. The number of likely N-dealkylation sites (tertiary alicyclic amines) is 1. The van der Waals surface area contributed by atoms with Gasteiger partial charge in [-0.2, -0.15) is 0 Å². The number of carboxylic acid groups (broad SMARTS) is 1. The quantitative estimate of drug-likeness (QED) is 0.542. The fraction of sp³-hybridized carbons (Fsp3) is 0.500. The topological polar surface area (TPSA) is 94.6 Å². The SMILES string of the molecule is O=C(N[C@@H](CCN1CCCC(CCc2ccc3c(n2)NCCC3)C1)C(=O)O)c1ccccc1. The van der Waals surface area contributed by atoms with Crippen LogP contribution in [-0.2, 0) is 17.6 Å². The molecule has 2 aromatic rings. The first-order chi connectivity index (χ1) is 16.1. The van der Waals surface area contributed by atoms with Crippen molar-refractivity contribution < 1.29 is 14.7 Å². The van der Waals surface area contributed by atoms with Crippen LogP contribution in [0.1, 0.15) is 53.7 Å². The molecule has 1 aromatic heterocycles. The van der Waals surface area contributed by atoms with E-state index in [1.54, 1.807) is 24.3 Å². The number of aromatic nitrogens is 1. The van der Waals surface area contributed by atoms with Gasteiger partial charge in [0.1, 0.15) is 11.9 Å². The first-order valence-corrected chi connectivity index (χ1v) is 12.1. The number of aryl methyl sites for hydroxylation is 2. The Kier molecular flexibility index (Phi) is 7.94. The molecule has 1 amide bonds. The molecule has 1 unspecified atom stereocenters. The van der Waals surface area contributed by atoms with Crippen molar-refractivity contribution in [3.63, 3.8) is 0 Å². The number of fused-ring (bicyclic) bond motifs is 1. The van der Waals surface area contributed by atoms with Crippen LogP contribution in [0, 0.1) is 5.92 Å². The summed E-state index contributed by atoms with van der Waals surface area (Å²) in [5.74, 6) is 0.319. The van der Waals surface area contributed by atoms with E-state index in [1.165, 1.54) is 18.4 Å². The molecule has 1 saturated heterocycles. The number of carbonyl (C=O) groups excluding carboxylic acids is 1. The third-order valence-corrected chi connectivity index (χ3v) is 6.74. The monoisotopic (exact) mass is 450 g/mol. The minimum absolute atomic E-state index is 0.341. The summed E-state index contributed by atoms with van der Waals surface area (Å²) >= 11 is 0. The number of nitrogens with zero attached hydrogens (tertiary/aromatic N) is 2. The van der Waals surface area contributed by atoms with Gasteiger partial charge in [-0.25, -0.2) is 9.78 Å². The molecule has 3 heterocycles. The van der Waals surface area contributed by atoms with Crippen LogP contribution in [0.5, 0.6) is 0 Å². The second-order valence-electron chi connectivity index (χ2n) is 9.21. The summed E-state index contributed by atoms with van der Waals surface area (Å²) in [7, 11) is 0. The van der Waals surface area contributed by atoms with Gasteiger partial charge in [0, 0.05) is 30.9 Å². The van der Waals surface area contributed by atoms with Gasteiger partial charge in [0.25, 0.3) is 5.91 Å². The largest absolute Gasteiger partial charge is 0.480 e. The van der Waals surface area contributed by atoms with E-state index < -0.39 is 12.0 Å². The number of aliphatic carboxylic acids is 1. The number of pyridine rings is 1. The van der Waals surface area contributed by atoms with Gasteiger partial charge in [0.2, 0.25) is 0 Å². The molecule has 0 radical (unpaired) electrons. The molecule has 33 heavy (non-hydrogen) atoms. The molecule has 1 fully saturated rings. The Bertz CT molecular complexity index is 950. The molecule has 0 aliphatic carbocycles. The minimum atomic E-state index is -0.986. The standard InChI is InChI=1S/C26H34N4O3/c31-25(21-7-2-1-3-8-21)29-23(26(32)33)14-17-30-16-5-6-19(18-30)10-12-22-13-11-20-9-4-15-27-24(20)28-22/h1-3,7-8,11,13,19,23H,4-6,9-10,12,14-18H2,(H,27,28)(H,29,31)(H,32,33)/t19?,23-/m0/s1. The first kappa shape index (κ1) is 23.2. The van der Waals surface area contributed by atoms with Crippen molar-refractivity contribution in [3.05, 3.63) is 59.3 Å². The number of rotatable bonds is 9. The lowest BCUT2D eigenvalue weighted by Gasteiger charge is -2.33. The lowest BCUT2D eigenvalue weighted by Crippen LogP contribution is -2.44. The summed E-state index contributed by atoms with van der Waals surface area (Å²) in [5.41, 5.74) is 2.95. The summed E-state index contributed by atoms with van der Waals surface area (Å²) in [6, 6.07) is 12.3. The van der Waals surface area contributed by atoms with Gasteiger partial charge < -0.3 is 20.6 Å². The molecule has 1 aromatic carbocycles. The van der Waals surface area contributed by atoms with Gasteiger partial charge in [0.05, 0.1) is 0 Å². The second-order valence-corrected chi connectivity index (χ2v) is 9.21. The Labute approximate surface area is 195 Å². The predicted molar refractivity (Wildman–Crippen MR) is 128 cm³/mol. The van der Waals surface area contributed by atoms with Crippen molar-refractivity contribution >= 4 is 17.7 Å². The van der Waals surface area contributed by atoms with Gasteiger partial charge in [-0.1, -0.05) is 24.3 Å². The van der Waals surface area contributed by atoms with Crippen LogP contribution in [0.3, 0.4) is 0 Å². The third kappa shape index (κ3) is 6.54. The van der Waals surface area contributed by atoms with Crippen LogP contribution in [-0.4, -0.2) is 59.1 Å². The van der Waals surface area contributed by atoms with Crippen LogP contribution in [0.2, 0.25) is 0 Å². The average Bonchev–Trinajstić information content (AvgIpc) is 2.85. The van der Waals surface area contributed by atoms with E-state index in [9.17, 15) is 14.7 Å². The Morgan fingerprint density at radius 3 is 2.85 bits per heavy atom. The zero-order chi connectivity index (χ0) is 23.0. The fourth-order valence-corrected chi connectivity index (χ4v) is 4.85. The molecule has 3 N–H and O–H groups in total. The van der Waals surface area contributed by atoms with Gasteiger partial charge in [-0.05, 0) is 81.2 Å². The van der Waals surface area contributed by atoms with Crippen LogP contribution in [0.25, 0.3) is 0 Å². The molecular weight excluding hydrogens is 416 g/mol. The molecule has 176 valence electrons. The van der Waals surface area contributed by atoms with E-state index in [0.717, 1.165) is 56.8 Å². The number of nitrogens with one attached hydrogen (secondary N) is 2. The molecular formula is C26H34N4O3. The predicted octanol–water partition coefficient (Wildman–Crippen LogP) is 3.36. The van der Waals surface area contributed by atoms with E-state index in [0.29, 0.717) is 24.4 Å². The number of hydrogen-bond donors (Lipinski definition) is 3. The smallest absolute Gasteiger partial charge is 0.326 e. The van der Waals surface area contributed by atoms with Crippen LogP contribution in [0.4, 0.5) is 5.82 Å².